The lowest BCUT2D eigenvalue weighted by Crippen LogP contribution is -2.25. The Hall–Kier alpha value is -1.71. The molecule has 1 fully saturated rings. The fourth-order valence-corrected chi connectivity index (χ4v) is 2.57. The number of ether oxygens (including phenoxy) is 2. The summed E-state index contributed by atoms with van der Waals surface area (Å²) in [7, 11) is 0. The molecule has 1 aliphatic carbocycles. The number of halogens is 1. The van der Waals surface area contributed by atoms with Crippen LogP contribution in [0.1, 0.15) is 19.3 Å². The molecule has 0 aromatic heterocycles. The van der Waals surface area contributed by atoms with E-state index in [0.29, 0.717) is 5.02 Å². The van der Waals surface area contributed by atoms with Gasteiger partial charge in [0.15, 0.2) is 0 Å². The lowest BCUT2D eigenvalue weighted by atomic mass is 10.2. The highest BCUT2D eigenvalue weighted by Gasteiger charge is 2.26. The van der Waals surface area contributed by atoms with E-state index in [1.165, 1.54) is 0 Å². The second-order valence-electron chi connectivity index (χ2n) is 5.18. The number of hydrogen-bond donors (Lipinski definition) is 1. The molecular formula is C17H17ClO3. The Morgan fingerprint density at radius 1 is 0.857 bits per heavy atom. The molecule has 4 heteroatoms. The number of aliphatic hydroxyl groups is 1. The summed E-state index contributed by atoms with van der Waals surface area (Å²) in [6.07, 6.45) is 2.30. The first kappa shape index (κ1) is 14.2. The first-order valence-electron chi connectivity index (χ1n) is 7.09. The molecular weight excluding hydrogens is 288 g/mol. The molecule has 1 saturated carbocycles. The minimum Gasteiger partial charge on any atom is -0.488 e. The van der Waals surface area contributed by atoms with Gasteiger partial charge in [0.25, 0.3) is 0 Å². The van der Waals surface area contributed by atoms with E-state index in [0.717, 1.165) is 36.5 Å². The van der Waals surface area contributed by atoms with Gasteiger partial charge in [0.2, 0.25) is 0 Å². The summed E-state index contributed by atoms with van der Waals surface area (Å²) in [6, 6.07) is 14.6. The number of rotatable bonds is 4. The smallest absolute Gasteiger partial charge is 0.127 e. The first-order chi connectivity index (χ1) is 10.2. The highest BCUT2D eigenvalue weighted by atomic mass is 35.5. The van der Waals surface area contributed by atoms with Crippen molar-refractivity contribution in [3.05, 3.63) is 53.6 Å². The van der Waals surface area contributed by atoms with Gasteiger partial charge in [-0.05, 0) is 67.8 Å². The van der Waals surface area contributed by atoms with Crippen LogP contribution in [0.4, 0.5) is 0 Å². The van der Waals surface area contributed by atoms with Crippen LogP contribution in [0.2, 0.25) is 5.02 Å². The minimum atomic E-state index is -0.352. The molecule has 3 rings (SSSR count). The van der Waals surface area contributed by atoms with Crippen molar-refractivity contribution in [3.8, 4) is 17.2 Å². The van der Waals surface area contributed by atoms with Crippen molar-refractivity contribution in [3.63, 3.8) is 0 Å². The van der Waals surface area contributed by atoms with Gasteiger partial charge in [0.05, 0.1) is 6.10 Å². The summed E-state index contributed by atoms with van der Waals surface area (Å²) < 4.78 is 11.5. The molecule has 2 unspecified atom stereocenters. The van der Waals surface area contributed by atoms with Crippen LogP contribution in [0.25, 0.3) is 0 Å². The quantitative estimate of drug-likeness (QED) is 0.908. The van der Waals surface area contributed by atoms with Gasteiger partial charge in [0, 0.05) is 5.02 Å². The summed E-state index contributed by atoms with van der Waals surface area (Å²) >= 11 is 5.84. The molecule has 3 nitrogen and oxygen atoms in total. The molecule has 0 aliphatic heterocycles. The van der Waals surface area contributed by atoms with Crippen LogP contribution in [0.15, 0.2) is 48.5 Å². The van der Waals surface area contributed by atoms with Crippen LogP contribution in [-0.4, -0.2) is 17.3 Å². The Morgan fingerprint density at radius 3 is 2.00 bits per heavy atom. The number of benzene rings is 2. The third-order valence-electron chi connectivity index (χ3n) is 3.58. The maximum Gasteiger partial charge on any atom is 0.127 e. The summed E-state index contributed by atoms with van der Waals surface area (Å²) in [6.45, 7) is 0. The van der Waals surface area contributed by atoms with E-state index in [9.17, 15) is 5.11 Å². The van der Waals surface area contributed by atoms with Crippen molar-refractivity contribution < 1.29 is 14.6 Å². The van der Waals surface area contributed by atoms with Gasteiger partial charge in [-0.2, -0.15) is 0 Å². The van der Waals surface area contributed by atoms with E-state index in [-0.39, 0.29) is 12.2 Å². The van der Waals surface area contributed by atoms with Crippen LogP contribution in [0.3, 0.4) is 0 Å². The zero-order valence-corrected chi connectivity index (χ0v) is 12.3. The van der Waals surface area contributed by atoms with Crippen molar-refractivity contribution in [2.45, 2.75) is 31.5 Å². The molecule has 2 aromatic carbocycles. The molecule has 1 aliphatic rings. The van der Waals surface area contributed by atoms with Crippen molar-refractivity contribution in [1.82, 2.24) is 0 Å². The second-order valence-corrected chi connectivity index (χ2v) is 5.62. The maximum absolute atomic E-state index is 9.76. The summed E-state index contributed by atoms with van der Waals surface area (Å²) in [5.41, 5.74) is 0. The Bertz CT molecular complexity index is 580. The standard InChI is InChI=1S/C17H17ClO3/c18-12-4-6-13(7-5-12)20-14-8-10-15(11-9-14)21-17-3-1-2-16(17)19/h4-11,16-17,19H,1-3H2. The Labute approximate surface area is 129 Å². The van der Waals surface area contributed by atoms with Gasteiger partial charge >= 0.3 is 0 Å². The van der Waals surface area contributed by atoms with Crippen LogP contribution >= 0.6 is 11.6 Å². The molecule has 21 heavy (non-hydrogen) atoms. The van der Waals surface area contributed by atoms with Gasteiger partial charge in [0.1, 0.15) is 23.4 Å². The van der Waals surface area contributed by atoms with Gasteiger partial charge in [-0.3, -0.25) is 0 Å². The minimum absolute atomic E-state index is 0.0898. The Morgan fingerprint density at radius 2 is 1.43 bits per heavy atom. The molecule has 0 amide bonds. The summed E-state index contributed by atoms with van der Waals surface area (Å²) in [4.78, 5) is 0. The molecule has 1 N–H and O–H groups in total. The molecule has 0 heterocycles. The van der Waals surface area contributed by atoms with E-state index < -0.39 is 0 Å². The first-order valence-corrected chi connectivity index (χ1v) is 7.47. The van der Waals surface area contributed by atoms with Crippen molar-refractivity contribution in [2.24, 2.45) is 0 Å². The molecule has 0 saturated heterocycles. The molecule has 0 spiro atoms. The zero-order valence-electron chi connectivity index (χ0n) is 11.5. The Kier molecular flexibility index (Phi) is 4.32. The fourth-order valence-electron chi connectivity index (χ4n) is 2.44. The third kappa shape index (κ3) is 3.69. The van der Waals surface area contributed by atoms with Crippen LogP contribution in [-0.2, 0) is 0 Å². The SMILES string of the molecule is OC1CCCC1Oc1ccc(Oc2ccc(Cl)cc2)cc1. The van der Waals surface area contributed by atoms with Crippen LogP contribution in [0, 0.1) is 0 Å². The normalized spacial score (nSPS) is 21.2. The predicted octanol–water partition coefficient (Wildman–Crippen LogP) is 4.42. The van der Waals surface area contributed by atoms with Gasteiger partial charge in [-0.25, -0.2) is 0 Å². The third-order valence-corrected chi connectivity index (χ3v) is 3.83. The highest BCUT2D eigenvalue weighted by Crippen LogP contribution is 2.28. The van der Waals surface area contributed by atoms with Crippen molar-refractivity contribution >= 4 is 11.6 Å². The topological polar surface area (TPSA) is 38.7 Å². The average molecular weight is 305 g/mol. The molecule has 2 aromatic rings. The molecule has 110 valence electrons. The monoisotopic (exact) mass is 304 g/mol. The summed E-state index contributed by atoms with van der Waals surface area (Å²) in [5.74, 6) is 2.22. The van der Waals surface area contributed by atoms with E-state index in [4.69, 9.17) is 21.1 Å². The van der Waals surface area contributed by atoms with E-state index in [1.807, 2.05) is 36.4 Å². The lowest BCUT2D eigenvalue weighted by molar-refractivity contribution is 0.0604. The largest absolute Gasteiger partial charge is 0.488 e. The molecule has 0 bridgehead atoms. The Balaban J connectivity index is 1.62. The van der Waals surface area contributed by atoms with Gasteiger partial charge in [-0.1, -0.05) is 11.6 Å². The number of aliphatic hydroxyl groups excluding tert-OH is 1. The highest BCUT2D eigenvalue weighted by molar-refractivity contribution is 6.30. The van der Waals surface area contributed by atoms with Crippen LogP contribution < -0.4 is 9.47 Å². The number of hydrogen-bond acceptors (Lipinski definition) is 3. The van der Waals surface area contributed by atoms with E-state index >= 15 is 0 Å². The van der Waals surface area contributed by atoms with E-state index in [2.05, 4.69) is 0 Å². The van der Waals surface area contributed by atoms with Gasteiger partial charge < -0.3 is 14.6 Å². The van der Waals surface area contributed by atoms with Gasteiger partial charge in [-0.15, -0.1) is 0 Å². The average Bonchev–Trinajstić information content (AvgIpc) is 2.89. The fraction of sp³-hybridized carbons (Fsp3) is 0.294. The maximum atomic E-state index is 9.76. The zero-order chi connectivity index (χ0) is 14.7. The van der Waals surface area contributed by atoms with Crippen molar-refractivity contribution in [2.75, 3.05) is 0 Å². The molecule has 2 atom stereocenters. The molecule has 0 radical (unpaired) electrons. The lowest BCUT2D eigenvalue weighted by Gasteiger charge is -2.17. The van der Waals surface area contributed by atoms with E-state index in [1.54, 1.807) is 12.1 Å². The van der Waals surface area contributed by atoms with Crippen molar-refractivity contribution in [1.29, 1.82) is 0 Å². The summed E-state index contributed by atoms with van der Waals surface area (Å²) in [5, 5.41) is 10.4. The predicted molar refractivity (Wildman–Crippen MR) is 82.2 cm³/mol. The second kappa shape index (κ2) is 6.37. The van der Waals surface area contributed by atoms with Crippen LogP contribution in [0.5, 0.6) is 17.2 Å².